The monoisotopic (exact) mass is 257 g/mol. The summed E-state index contributed by atoms with van der Waals surface area (Å²) in [4.78, 5) is 0. The molecular formula is C12H19NO5. The molecule has 1 aromatic carbocycles. The summed E-state index contributed by atoms with van der Waals surface area (Å²) in [6.07, 6.45) is -1.01. The number of methoxy groups -OCH3 is 3. The van der Waals surface area contributed by atoms with E-state index in [0.29, 0.717) is 22.8 Å². The highest BCUT2D eigenvalue weighted by atomic mass is 16.5. The normalized spacial score (nSPS) is 13.9. The molecule has 0 aliphatic heterocycles. The Morgan fingerprint density at radius 1 is 1.11 bits per heavy atom. The van der Waals surface area contributed by atoms with Gasteiger partial charge < -0.3 is 30.2 Å². The van der Waals surface area contributed by atoms with Gasteiger partial charge in [0, 0.05) is 0 Å². The largest absolute Gasteiger partial charge is 0.493 e. The van der Waals surface area contributed by atoms with Crippen LogP contribution < -0.4 is 19.9 Å². The van der Waals surface area contributed by atoms with Crippen LogP contribution in [0.15, 0.2) is 12.1 Å². The molecule has 6 nitrogen and oxygen atoms in total. The van der Waals surface area contributed by atoms with Gasteiger partial charge in [0.2, 0.25) is 5.75 Å². The maximum Gasteiger partial charge on any atom is 0.203 e. The first-order chi connectivity index (χ1) is 8.58. The Hall–Kier alpha value is -1.50. The lowest BCUT2D eigenvalue weighted by Gasteiger charge is -2.20. The highest BCUT2D eigenvalue weighted by Crippen LogP contribution is 2.39. The van der Waals surface area contributed by atoms with Gasteiger partial charge in [-0.3, -0.25) is 0 Å². The highest BCUT2D eigenvalue weighted by Gasteiger charge is 2.21. The van der Waals surface area contributed by atoms with Gasteiger partial charge in [-0.05, 0) is 17.7 Å². The quantitative estimate of drug-likeness (QED) is 0.667. The van der Waals surface area contributed by atoms with Crippen molar-refractivity contribution in [3.05, 3.63) is 17.7 Å². The molecule has 0 spiro atoms. The van der Waals surface area contributed by atoms with Crippen LogP contribution in [0.1, 0.15) is 11.7 Å². The first-order valence-corrected chi connectivity index (χ1v) is 5.43. The zero-order chi connectivity index (χ0) is 13.7. The smallest absolute Gasteiger partial charge is 0.203 e. The van der Waals surface area contributed by atoms with Gasteiger partial charge in [-0.15, -0.1) is 0 Å². The zero-order valence-electron chi connectivity index (χ0n) is 10.7. The van der Waals surface area contributed by atoms with Gasteiger partial charge in [-0.25, -0.2) is 0 Å². The van der Waals surface area contributed by atoms with Crippen molar-refractivity contribution in [2.75, 3.05) is 27.9 Å². The Labute approximate surface area is 106 Å². The Balaban J connectivity index is 3.22. The SMILES string of the molecule is COc1cc(C(O)C(N)CO)cc(OC)c1OC. The minimum absolute atomic E-state index is 0.322. The highest BCUT2D eigenvalue weighted by molar-refractivity contribution is 5.54. The molecule has 0 saturated carbocycles. The van der Waals surface area contributed by atoms with Gasteiger partial charge in [0.05, 0.1) is 40.1 Å². The third kappa shape index (κ3) is 2.84. The fourth-order valence-corrected chi connectivity index (χ4v) is 1.62. The summed E-state index contributed by atoms with van der Waals surface area (Å²) in [5, 5.41) is 18.9. The fourth-order valence-electron chi connectivity index (χ4n) is 1.62. The van der Waals surface area contributed by atoms with E-state index < -0.39 is 12.1 Å². The topological polar surface area (TPSA) is 94.2 Å². The second-order valence-electron chi connectivity index (χ2n) is 3.75. The van der Waals surface area contributed by atoms with Gasteiger partial charge in [-0.1, -0.05) is 0 Å². The van der Waals surface area contributed by atoms with E-state index in [1.165, 1.54) is 21.3 Å². The molecule has 0 fully saturated rings. The summed E-state index contributed by atoms with van der Waals surface area (Å²) in [7, 11) is 4.47. The molecule has 1 aromatic rings. The number of benzene rings is 1. The van der Waals surface area contributed by atoms with Crippen LogP contribution in [0.25, 0.3) is 0 Å². The van der Waals surface area contributed by atoms with Crippen LogP contribution in [0.4, 0.5) is 0 Å². The molecule has 1 rings (SSSR count). The molecule has 0 aliphatic rings. The van der Waals surface area contributed by atoms with E-state index in [1.807, 2.05) is 0 Å². The summed E-state index contributed by atoms with van der Waals surface area (Å²) in [5.74, 6) is 1.29. The van der Waals surface area contributed by atoms with Crippen LogP contribution in [0, 0.1) is 0 Å². The molecule has 4 N–H and O–H groups in total. The minimum Gasteiger partial charge on any atom is -0.493 e. The number of aliphatic hydroxyl groups excluding tert-OH is 2. The van der Waals surface area contributed by atoms with E-state index in [0.717, 1.165) is 0 Å². The van der Waals surface area contributed by atoms with Gasteiger partial charge in [0.15, 0.2) is 11.5 Å². The molecule has 0 saturated heterocycles. The number of nitrogens with two attached hydrogens (primary N) is 1. The van der Waals surface area contributed by atoms with Gasteiger partial charge in [-0.2, -0.15) is 0 Å². The lowest BCUT2D eigenvalue weighted by atomic mass is 10.0. The summed E-state index contributed by atoms with van der Waals surface area (Å²) in [6, 6.07) is 2.43. The van der Waals surface area contributed by atoms with E-state index in [2.05, 4.69) is 0 Å². The lowest BCUT2D eigenvalue weighted by Crippen LogP contribution is -2.31. The summed E-state index contributed by atoms with van der Waals surface area (Å²) in [5.41, 5.74) is 6.08. The zero-order valence-corrected chi connectivity index (χ0v) is 10.7. The standard InChI is InChI=1S/C12H19NO5/c1-16-9-4-7(11(15)8(13)6-14)5-10(17-2)12(9)18-3/h4-5,8,11,14-15H,6,13H2,1-3H3. The minimum atomic E-state index is -1.01. The third-order valence-corrected chi connectivity index (χ3v) is 2.64. The average Bonchev–Trinajstić information content (AvgIpc) is 2.43. The second-order valence-corrected chi connectivity index (χ2v) is 3.75. The Bertz CT molecular complexity index is 371. The molecule has 0 aliphatic carbocycles. The first-order valence-electron chi connectivity index (χ1n) is 5.43. The summed E-state index contributed by atoms with van der Waals surface area (Å²) < 4.78 is 15.5. The van der Waals surface area contributed by atoms with Crippen molar-refractivity contribution in [3.8, 4) is 17.2 Å². The maximum atomic E-state index is 9.96. The maximum absolute atomic E-state index is 9.96. The average molecular weight is 257 g/mol. The van der Waals surface area contributed by atoms with Crippen molar-refractivity contribution < 1.29 is 24.4 Å². The van der Waals surface area contributed by atoms with Gasteiger partial charge >= 0.3 is 0 Å². The summed E-state index contributed by atoms with van der Waals surface area (Å²) >= 11 is 0. The first kappa shape index (κ1) is 14.6. The van der Waals surface area contributed by atoms with Crippen molar-refractivity contribution in [2.24, 2.45) is 5.73 Å². The molecule has 18 heavy (non-hydrogen) atoms. The molecule has 0 bridgehead atoms. The van der Waals surface area contributed by atoms with E-state index in [9.17, 15) is 5.11 Å². The Morgan fingerprint density at radius 3 is 1.94 bits per heavy atom. The predicted molar refractivity (Wildman–Crippen MR) is 66.1 cm³/mol. The fraction of sp³-hybridized carbons (Fsp3) is 0.500. The van der Waals surface area contributed by atoms with E-state index >= 15 is 0 Å². The van der Waals surface area contributed by atoms with Crippen LogP contribution in [-0.2, 0) is 0 Å². The van der Waals surface area contributed by atoms with Gasteiger partial charge in [0.25, 0.3) is 0 Å². The van der Waals surface area contributed by atoms with Gasteiger partial charge in [0.1, 0.15) is 0 Å². The van der Waals surface area contributed by atoms with Crippen molar-refractivity contribution in [1.29, 1.82) is 0 Å². The molecular weight excluding hydrogens is 238 g/mol. The Kier molecular flexibility index (Phi) is 5.21. The van der Waals surface area contributed by atoms with E-state index in [-0.39, 0.29) is 6.61 Å². The van der Waals surface area contributed by atoms with Crippen molar-refractivity contribution >= 4 is 0 Å². The van der Waals surface area contributed by atoms with Crippen LogP contribution in [0.5, 0.6) is 17.2 Å². The summed E-state index contributed by atoms with van der Waals surface area (Å²) in [6.45, 7) is -0.322. The number of rotatable bonds is 6. The van der Waals surface area contributed by atoms with Crippen LogP contribution in [0.2, 0.25) is 0 Å². The molecule has 0 amide bonds. The molecule has 0 aromatic heterocycles. The number of hydrogen-bond donors (Lipinski definition) is 3. The molecule has 0 heterocycles. The lowest BCUT2D eigenvalue weighted by molar-refractivity contribution is 0.109. The van der Waals surface area contributed by atoms with E-state index in [1.54, 1.807) is 12.1 Å². The Morgan fingerprint density at radius 2 is 1.61 bits per heavy atom. The molecule has 102 valence electrons. The molecule has 6 heteroatoms. The molecule has 2 unspecified atom stereocenters. The molecule has 0 radical (unpaired) electrons. The van der Waals surface area contributed by atoms with Crippen LogP contribution in [-0.4, -0.2) is 44.2 Å². The number of ether oxygens (including phenoxy) is 3. The molecule has 2 atom stereocenters. The van der Waals surface area contributed by atoms with Crippen molar-refractivity contribution in [2.45, 2.75) is 12.1 Å². The van der Waals surface area contributed by atoms with Crippen LogP contribution in [0.3, 0.4) is 0 Å². The van der Waals surface area contributed by atoms with Crippen molar-refractivity contribution in [1.82, 2.24) is 0 Å². The predicted octanol–water partition coefficient (Wildman–Crippen LogP) is 0.0654. The van der Waals surface area contributed by atoms with Crippen LogP contribution >= 0.6 is 0 Å². The number of aliphatic hydroxyl groups is 2. The van der Waals surface area contributed by atoms with Crippen molar-refractivity contribution in [3.63, 3.8) is 0 Å². The number of hydrogen-bond acceptors (Lipinski definition) is 6. The van der Waals surface area contributed by atoms with E-state index in [4.69, 9.17) is 25.1 Å². The third-order valence-electron chi connectivity index (χ3n) is 2.64. The second kappa shape index (κ2) is 6.44.